The number of anilines is 1. The highest BCUT2D eigenvalue weighted by molar-refractivity contribution is 7.89. The van der Waals surface area contributed by atoms with Gasteiger partial charge in [-0.15, -0.1) is 0 Å². The van der Waals surface area contributed by atoms with Crippen molar-refractivity contribution in [1.82, 2.24) is 0 Å². The second kappa shape index (κ2) is 7.74. The fourth-order valence-electron chi connectivity index (χ4n) is 2.10. The molecule has 0 saturated carbocycles. The van der Waals surface area contributed by atoms with Gasteiger partial charge in [0.1, 0.15) is 0 Å². The number of hydrogen-bond acceptors (Lipinski definition) is 5. The molecule has 2 aromatic rings. The van der Waals surface area contributed by atoms with Gasteiger partial charge in [0, 0.05) is 23.3 Å². The number of rotatable bonds is 7. The molecule has 8 heteroatoms. The number of halogens is 1. The third kappa shape index (κ3) is 4.53. The van der Waals surface area contributed by atoms with Crippen LogP contribution in [0.5, 0.6) is 11.5 Å². The van der Waals surface area contributed by atoms with E-state index in [-0.39, 0.29) is 4.90 Å². The second-order valence-corrected chi connectivity index (χ2v) is 6.92. The average Bonchev–Trinajstić information content (AvgIpc) is 2.54. The van der Waals surface area contributed by atoms with Gasteiger partial charge in [-0.2, -0.15) is 0 Å². The zero-order chi connectivity index (χ0) is 17.7. The van der Waals surface area contributed by atoms with E-state index >= 15 is 0 Å². The van der Waals surface area contributed by atoms with Crippen LogP contribution in [-0.2, 0) is 16.6 Å². The number of primary sulfonamides is 1. The Kier molecular flexibility index (Phi) is 5.93. The number of benzene rings is 2. The molecule has 0 aliphatic heterocycles. The molecule has 0 amide bonds. The molecular weight excluding hydrogens is 352 g/mol. The van der Waals surface area contributed by atoms with Crippen molar-refractivity contribution in [3.8, 4) is 11.5 Å². The highest BCUT2D eigenvalue weighted by Gasteiger charge is 2.11. The van der Waals surface area contributed by atoms with E-state index in [0.717, 1.165) is 11.3 Å². The van der Waals surface area contributed by atoms with Crippen molar-refractivity contribution in [3.05, 3.63) is 47.0 Å². The minimum absolute atomic E-state index is 0.0637. The number of nitrogens with two attached hydrogens (primary N) is 1. The lowest BCUT2D eigenvalue weighted by atomic mass is 10.2. The minimum Gasteiger partial charge on any atom is -0.493 e. The summed E-state index contributed by atoms with van der Waals surface area (Å²) in [5.74, 6) is 1.19. The quantitative estimate of drug-likeness (QED) is 0.781. The highest BCUT2D eigenvalue weighted by atomic mass is 35.5. The SMILES string of the molecule is CCOc1cc(Cl)c(CNc2ccc(S(N)(=O)=O)cc2)cc1OC. The molecule has 0 heterocycles. The molecule has 0 unspecified atom stereocenters. The summed E-state index contributed by atoms with van der Waals surface area (Å²) in [7, 11) is -2.13. The van der Waals surface area contributed by atoms with E-state index in [1.807, 2.05) is 6.92 Å². The van der Waals surface area contributed by atoms with Crippen molar-refractivity contribution >= 4 is 27.3 Å². The van der Waals surface area contributed by atoms with Crippen molar-refractivity contribution in [2.45, 2.75) is 18.4 Å². The summed E-state index contributed by atoms with van der Waals surface area (Å²) in [6, 6.07) is 9.68. The van der Waals surface area contributed by atoms with Gasteiger partial charge in [-0.1, -0.05) is 11.6 Å². The zero-order valence-corrected chi connectivity index (χ0v) is 14.9. The first-order valence-electron chi connectivity index (χ1n) is 7.21. The fourth-order valence-corrected chi connectivity index (χ4v) is 2.84. The number of ether oxygens (including phenoxy) is 2. The molecule has 0 saturated heterocycles. The van der Waals surface area contributed by atoms with E-state index in [1.165, 1.54) is 12.1 Å². The van der Waals surface area contributed by atoms with Crippen LogP contribution in [-0.4, -0.2) is 22.1 Å². The van der Waals surface area contributed by atoms with Crippen LogP contribution >= 0.6 is 11.6 Å². The lowest BCUT2D eigenvalue weighted by Gasteiger charge is -2.14. The Morgan fingerprint density at radius 2 is 1.83 bits per heavy atom. The smallest absolute Gasteiger partial charge is 0.238 e. The maximum atomic E-state index is 11.2. The Morgan fingerprint density at radius 1 is 1.17 bits per heavy atom. The highest BCUT2D eigenvalue weighted by Crippen LogP contribution is 2.33. The topological polar surface area (TPSA) is 90.6 Å². The van der Waals surface area contributed by atoms with E-state index in [2.05, 4.69) is 5.32 Å². The van der Waals surface area contributed by atoms with Gasteiger partial charge in [0.15, 0.2) is 11.5 Å². The summed E-state index contributed by atoms with van der Waals surface area (Å²) in [5, 5.41) is 8.79. The van der Waals surface area contributed by atoms with Crippen LogP contribution in [0.1, 0.15) is 12.5 Å². The molecule has 130 valence electrons. The number of sulfonamides is 1. The van der Waals surface area contributed by atoms with Gasteiger partial charge >= 0.3 is 0 Å². The summed E-state index contributed by atoms with van der Waals surface area (Å²) < 4.78 is 33.3. The molecule has 0 aliphatic rings. The monoisotopic (exact) mass is 370 g/mol. The standard InChI is InChI=1S/C16H19ClN2O4S/c1-3-23-16-9-14(17)11(8-15(16)22-2)10-19-12-4-6-13(7-5-12)24(18,20)21/h4-9,19H,3,10H2,1-2H3,(H2,18,20,21). The average molecular weight is 371 g/mol. The molecule has 0 atom stereocenters. The molecule has 24 heavy (non-hydrogen) atoms. The molecule has 2 aromatic carbocycles. The van der Waals surface area contributed by atoms with Gasteiger partial charge < -0.3 is 14.8 Å². The van der Waals surface area contributed by atoms with Gasteiger partial charge in [0.2, 0.25) is 10.0 Å². The normalized spacial score (nSPS) is 11.2. The molecule has 0 bridgehead atoms. The Bertz CT molecular complexity index is 808. The Morgan fingerprint density at radius 3 is 2.38 bits per heavy atom. The van der Waals surface area contributed by atoms with Gasteiger partial charge in [-0.3, -0.25) is 0 Å². The summed E-state index contributed by atoms with van der Waals surface area (Å²) in [4.78, 5) is 0.0637. The number of nitrogens with one attached hydrogen (secondary N) is 1. The lowest BCUT2D eigenvalue weighted by molar-refractivity contribution is 0.311. The van der Waals surface area contributed by atoms with Crippen LogP contribution < -0.4 is 19.9 Å². The van der Waals surface area contributed by atoms with Gasteiger partial charge in [-0.05, 0) is 42.8 Å². The van der Waals surface area contributed by atoms with E-state index in [0.29, 0.717) is 29.7 Å². The Hall–Kier alpha value is -1.96. The molecule has 0 radical (unpaired) electrons. The third-order valence-corrected chi connectivity index (χ3v) is 4.58. The molecular formula is C16H19ClN2O4S. The van der Waals surface area contributed by atoms with E-state index < -0.39 is 10.0 Å². The molecule has 0 aromatic heterocycles. The van der Waals surface area contributed by atoms with Crippen molar-refractivity contribution in [3.63, 3.8) is 0 Å². The second-order valence-electron chi connectivity index (χ2n) is 4.95. The van der Waals surface area contributed by atoms with Crippen LogP contribution in [0.3, 0.4) is 0 Å². The van der Waals surface area contributed by atoms with Crippen LogP contribution in [0.15, 0.2) is 41.3 Å². The lowest BCUT2D eigenvalue weighted by Crippen LogP contribution is -2.12. The van der Waals surface area contributed by atoms with Crippen molar-refractivity contribution in [2.24, 2.45) is 5.14 Å². The summed E-state index contributed by atoms with van der Waals surface area (Å²) in [5.41, 5.74) is 1.57. The number of hydrogen-bond donors (Lipinski definition) is 2. The molecule has 3 N–H and O–H groups in total. The fraction of sp³-hybridized carbons (Fsp3) is 0.250. The van der Waals surface area contributed by atoms with Crippen LogP contribution in [0.25, 0.3) is 0 Å². The van der Waals surface area contributed by atoms with Crippen molar-refractivity contribution in [2.75, 3.05) is 19.0 Å². The van der Waals surface area contributed by atoms with Gasteiger partial charge in [0.05, 0.1) is 18.6 Å². The van der Waals surface area contributed by atoms with Gasteiger partial charge in [0.25, 0.3) is 0 Å². The van der Waals surface area contributed by atoms with Crippen LogP contribution in [0.4, 0.5) is 5.69 Å². The van der Waals surface area contributed by atoms with E-state index in [9.17, 15) is 8.42 Å². The first-order chi connectivity index (χ1) is 11.3. The largest absolute Gasteiger partial charge is 0.493 e. The molecule has 0 aliphatic carbocycles. The molecule has 0 fully saturated rings. The van der Waals surface area contributed by atoms with Crippen molar-refractivity contribution in [1.29, 1.82) is 0 Å². The maximum Gasteiger partial charge on any atom is 0.238 e. The Balaban J connectivity index is 2.14. The summed E-state index contributed by atoms with van der Waals surface area (Å²) in [6.45, 7) is 2.84. The predicted molar refractivity (Wildman–Crippen MR) is 94.3 cm³/mol. The molecule has 2 rings (SSSR count). The molecule has 6 nitrogen and oxygen atoms in total. The van der Waals surface area contributed by atoms with E-state index in [4.69, 9.17) is 26.2 Å². The summed E-state index contributed by atoms with van der Waals surface area (Å²) >= 11 is 6.27. The first-order valence-corrected chi connectivity index (χ1v) is 9.13. The summed E-state index contributed by atoms with van der Waals surface area (Å²) in [6.07, 6.45) is 0. The Labute approximate surface area is 146 Å². The molecule has 0 spiro atoms. The van der Waals surface area contributed by atoms with Crippen LogP contribution in [0, 0.1) is 0 Å². The van der Waals surface area contributed by atoms with Crippen LogP contribution in [0.2, 0.25) is 5.02 Å². The first kappa shape index (κ1) is 18.4. The zero-order valence-electron chi connectivity index (χ0n) is 13.4. The maximum absolute atomic E-state index is 11.2. The minimum atomic E-state index is -3.69. The third-order valence-electron chi connectivity index (χ3n) is 3.30. The van der Waals surface area contributed by atoms with E-state index in [1.54, 1.807) is 31.4 Å². The van der Waals surface area contributed by atoms with Crippen molar-refractivity contribution < 1.29 is 17.9 Å². The van der Waals surface area contributed by atoms with Gasteiger partial charge in [-0.25, -0.2) is 13.6 Å². The predicted octanol–water partition coefficient (Wildman–Crippen LogP) is 3.01. The number of methoxy groups -OCH3 is 1.